The number of ketones is 1. The highest BCUT2D eigenvalue weighted by atomic mass is 35.5. The lowest BCUT2D eigenvalue weighted by Crippen LogP contribution is -2.17. The highest BCUT2D eigenvalue weighted by molar-refractivity contribution is 6.53. The van der Waals surface area contributed by atoms with E-state index in [1.165, 1.54) is 25.3 Å². The third-order valence-electron chi connectivity index (χ3n) is 5.09. The molecule has 1 fully saturated rings. The summed E-state index contributed by atoms with van der Waals surface area (Å²) in [6, 6.07) is 7.01. The van der Waals surface area contributed by atoms with E-state index in [0.717, 1.165) is 0 Å². The van der Waals surface area contributed by atoms with Crippen molar-refractivity contribution in [2.75, 3.05) is 12.4 Å². The number of halogens is 8. The first-order valence-corrected chi connectivity index (χ1v) is 11.3. The van der Waals surface area contributed by atoms with Crippen LogP contribution in [0.25, 0.3) is 0 Å². The van der Waals surface area contributed by atoms with Gasteiger partial charge in [0, 0.05) is 23.6 Å². The average Bonchev–Trinajstić information content (AvgIpc) is 3.29. The molecule has 12 heteroatoms. The fraction of sp³-hybridized carbons (Fsp3) is 0.333. The van der Waals surface area contributed by atoms with Crippen molar-refractivity contribution in [2.45, 2.75) is 29.3 Å². The number of hydrogen-bond acceptors (Lipinski definition) is 3. The lowest BCUT2D eigenvalue weighted by Gasteiger charge is -2.10. The van der Waals surface area contributed by atoms with Gasteiger partial charge in [0.05, 0.1) is 34.5 Å². The second kappa shape index (κ2) is 9.70. The van der Waals surface area contributed by atoms with Crippen molar-refractivity contribution < 1.29 is 27.5 Å². The van der Waals surface area contributed by atoms with Gasteiger partial charge in [-0.25, -0.2) is 0 Å². The summed E-state index contributed by atoms with van der Waals surface area (Å²) in [5.41, 5.74) is 0.540. The van der Waals surface area contributed by atoms with E-state index in [1.54, 1.807) is 12.1 Å². The van der Waals surface area contributed by atoms with E-state index in [9.17, 15) is 22.8 Å². The number of rotatable bonds is 7. The molecule has 33 heavy (non-hydrogen) atoms. The smallest absolute Gasteiger partial charge is 0.389 e. The van der Waals surface area contributed by atoms with E-state index in [1.807, 2.05) is 0 Å². The summed E-state index contributed by atoms with van der Waals surface area (Å²) in [6.07, 6.45) is -6.53. The molecule has 2 aromatic rings. The number of anilines is 1. The van der Waals surface area contributed by atoms with E-state index >= 15 is 0 Å². The van der Waals surface area contributed by atoms with Gasteiger partial charge in [0.1, 0.15) is 4.33 Å². The number of carbonyl (C=O) groups is 2. The molecule has 0 spiro atoms. The Bertz CT molecular complexity index is 1080. The number of amides is 1. The van der Waals surface area contributed by atoms with Gasteiger partial charge in [-0.3, -0.25) is 9.59 Å². The Labute approximate surface area is 212 Å². The molecule has 1 N–H and O–H groups in total. The summed E-state index contributed by atoms with van der Waals surface area (Å²) >= 11 is 31.0. The zero-order valence-electron chi connectivity index (χ0n) is 16.7. The zero-order valence-corrected chi connectivity index (χ0v) is 20.5. The Morgan fingerprint density at radius 2 is 1.67 bits per heavy atom. The number of ether oxygens (including phenoxy) is 1. The van der Waals surface area contributed by atoms with Gasteiger partial charge in [0.15, 0.2) is 11.5 Å². The highest BCUT2D eigenvalue weighted by Gasteiger charge is 2.67. The van der Waals surface area contributed by atoms with Crippen LogP contribution in [0.2, 0.25) is 15.1 Å². The molecule has 0 saturated heterocycles. The molecule has 2 atom stereocenters. The fourth-order valence-corrected chi connectivity index (χ4v) is 5.16. The number of carbonyl (C=O) groups excluding carboxylic acids is 2. The molecule has 2 unspecified atom stereocenters. The van der Waals surface area contributed by atoms with Crippen LogP contribution in [0.5, 0.6) is 5.75 Å². The number of methoxy groups -OCH3 is 1. The van der Waals surface area contributed by atoms with E-state index in [-0.39, 0.29) is 32.1 Å². The van der Waals surface area contributed by atoms with E-state index in [2.05, 4.69) is 5.32 Å². The van der Waals surface area contributed by atoms with Crippen LogP contribution < -0.4 is 10.1 Å². The van der Waals surface area contributed by atoms with Crippen LogP contribution in [0, 0.1) is 5.92 Å². The quantitative estimate of drug-likeness (QED) is 0.277. The van der Waals surface area contributed by atoms with Crippen LogP contribution >= 0.6 is 58.0 Å². The monoisotopic (exact) mass is 561 g/mol. The third kappa shape index (κ3) is 5.82. The van der Waals surface area contributed by atoms with Crippen LogP contribution in [0.4, 0.5) is 18.9 Å². The molecule has 1 amide bonds. The van der Waals surface area contributed by atoms with Crippen LogP contribution in [0.3, 0.4) is 0 Å². The summed E-state index contributed by atoms with van der Waals surface area (Å²) < 4.78 is 40.9. The normalized spacial score (nSPS) is 19.2. The van der Waals surface area contributed by atoms with Gasteiger partial charge in [-0.2, -0.15) is 13.2 Å². The molecule has 0 bridgehead atoms. The molecule has 2 aromatic carbocycles. The molecular formula is C21H15Cl5F3NO3. The Morgan fingerprint density at radius 1 is 1.06 bits per heavy atom. The summed E-state index contributed by atoms with van der Waals surface area (Å²) in [7, 11) is 1.40. The first kappa shape index (κ1) is 26.2. The highest BCUT2D eigenvalue weighted by Crippen LogP contribution is 2.65. The Kier molecular flexibility index (Phi) is 7.71. The topological polar surface area (TPSA) is 55.4 Å². The maximum atomic E-state index is 12.9. The van der Waals surface area contributed by atoms with Crippen LogP contribution in [0.1, 0.15) is 34.7 Å². The molecule has 4 nitrogen and oxygen atoms in total. The minimum absolute atomic E-state index is 0.0315. The van der Waals surface area contributed by atoms with Gasteiger partial charge in [0.2, 0.25) is 5.91 Å². The summed E-state index contributed by atoms with van der Waals surface area (Å²) in [6.45, 7) is 0. The maximum absolute atomic E-state index is 12.9. The second-order valence-electron chi connectivity index (χ2n) is 7.37. The van der Waals surface area contributed by atoms with E-state index in [0.29, 0.717) is 5.56 Å². The number of hydrogen-bond donors (Lipinski definition) is 1. The lowest BCUT2D eigenvalue weighted by molar-refractivity contribution is -0.133. The van der Waals surface area contributed by atoms with Crippen molar-refractivity contribution in [1.29, 1.82) is 0 Å². The first-order chi connectivity index (χ1) is 15.3. The van der Waals surface area contributed by atoms with Gasteiger partial charge in [-0.15, -0.1) is 23.2 Å². The SMILES string of the molecule is COc1c(Cl)cc(C2C(C(=O)Nc3ccc(Cl)c(C(=O)CCC(F)(F)F)c3)C2(Cl)Cl)cc1Cl. The van der Waals surface area contributed by atoms with Crippen molar-refractivity contribution in [3.63, 3.8) is 0 Å². The molecule has 1 saturated carbocycles. The predicted octanol–water partition coefficient (Wildman–Crippen LogP) is 7.71. The maximum Gasteiger partial charge on any atom is 0.389 e. The number of benzene rings is 2. The van der Waals surface area contributed by atoms with Gasteiger partial charge >= 0.3 is 6.18 Å². The van der Waals surface area contributed by atoms with Crippen LogP contribution in [0.15, 0.2) is 30.3 Å². The molecule has 0 heterocycles. The molecule has 3 rings (SSSR count). The van der Waals surface area contributed by atoms with Crippen molar-refractivity contribution in [3.8, 4) is 5.75 Å². The van der Waals surface area contributed by atoms with Gasteiger partial charge < -0.3 is 10.1 Å². The number of alkyl halides is 5. The van der Waals surface area contributed by atoms with Crippen molar-refractivity contribution >= 4 is 75.4 Å². The number of nitrogens with one attached hydrogen (secondary N) is 1. The van der Waals surface area contributed by atoms with Crippen molar-refractivity contribution in [3.05, 3.63) is 56.5 Å². The van der Waals surface area contributed by atoms with Crippen LogP contribution in [-0.2, 0) is 4.79 Å². The lowest BCUT2D eigenvalue weighted by atomic mass is 10.1. The number of Topliss-reactive ketones (excluding diaryl/α,β-unsaturated/α-hetero) is 1. The second-order valence-corrected chi connectivity index (χ2v) is 10.0. The molecule has 1 aliphatic carbocycles. The summed E-state index contributed by atoms with van der Waals surface area (Å²) in [5.74, 6) is -2.63. The molecule has 1 aliphatic rings. The minimum Gasteiger partial charge on any atom is -0.494 e. The standard InChI is InChI=1S/C21H15Cl5F3NO3/c1-33-18-13(23)6-9(7-14(18)24)16-17(21(16,25)26)19(32)30-10-2-3-12(22)11(8-10)15(31)4-5-20(27,28)29/h2-3,6-8,16-17H,4-5H2,1H3,(H,30,32). The van der Waals surface area contributed by atoms with Gasteiger partial charge in [-0.1, -0.05) is 34.8 Å². The third-order valence-corrected chi connectivity index (χ3v) is 6.92. The average molecular weight is 564 g/mol. The first-order valence-electron chi connectivity index (χ1n) is 9.37. The van der Waals surface area contributed by atoms with E-state index in [4.69, 9.17) is 62.7 Å². The van der Waals surface area contributed by atoms with Crippen LogP contribution in [-0.4, -0.2) is 29.3 Å². The van der Waals surface area contributed by atoms with Gasteiger partial charge in [-0.05, 0) is 35.9 Å². The zero-order chi connectivity index (χ0) is 24.7. The Morgan fingerprint density at radius 3 is 2.21 bits per heavy atom. The largest absolute Gasteiger partial charge is 0.494 e. The summed E-state index contributed by atoms with van der Waals surface area (Å²) in [5, 5.41) is 2.98. The fourth-order valence-electron chi connectivity index (χ4n) is 3.45. The molecule has 178 valence electrons. The minimum atomic E-state index is -4.48. The Hall–Kier alpha value is -1.38. The Balaban J connectivity index is 1.77. The molecular weight excluding hydrogens is 548 g/mol. The molecule has 0 aliphatic heterocycles. The predicted molar refractivity (Wildman–Crippen MR) is 123 cm³/mol. The summed E-state index contributed by atoms with van der Waals surface area (Å²) in [4.78, 5) is 25.0. The van der Waals surface area contributed by atoms with Crippen molar-refractivity contribution in [2.24, 2.45) is 5.92 Å². The molecule has 0 aromatic heterocycles. The van der Waals surface area contributed by atoms with E-state index < -0.39 is 46.9 Å². The molecule has 0 radical (unpaired) electrons. The van der Waals surface area contributed by atoms with Crippen molar-refractivity contribution in [1.82, 2.24) is 0 Å². The van der Waals surface area contributed by atoms with Gasteiger partial charge in [0.25, 0.3) is 0 Å².